The molecule has 1 aromatic carbocycles. The fourth-order valence-electron chi connectivity index (χ4n) is 1.32. The highest BCUT2D eigenvalue weighted by Gasteiger charge is 2.14. The van der Waals surface area contributed by atoms with Gasteiger partial charge in [-0.05, 0) is 12.1 Å². The summed E-state index contributed by atoms with van der Waals surface area (Å²) in [6.07, 6.45) is -2.47. The highest BCUT2D eigenvalue weighted by molar-refractivity contribution is 7.80. The average Bonchev–Trinajstić information content (AvgIpc) is 2.47. The predicted molar refractivity (Wildman–Crippen MR) is 58.4 cm³/mol. The summed E-state index contributed by atoms with van der Waals surface area (Å²) in [5, 5.41) is 1.23. The minimum Gasteiger partial charge on any atom is -0.391 e. The van der Waals surface area contributed by atoms with Gasteiger partial charge in [-0.15, -0.1) is 24.0 Å². The molecule has 0 amide bonds. The Kier molecular flexibility index (Phi) is 2.36. The van der Waals surface area contributed by atoms with Crippen LogP contribution in [-0.2, 0) is 0 Å². The third-order valence-corrected chi connectivity index (χ3v) is 3.35. The van der Waals surface area contributed by atoms with Crippen LogP contribution in [0.4, 0.5) is 13.8 Å². The molecule has 0 aliphatic carbocycles. The molecule has 0 radical (unpaired) electrons. The van der Waals surface area contributed by atoms with Crippen LogP contribution in [0.3, 0.4) is 0 Å². The maximum atomic E-state index is 12.6. The second-order valence-corrected chi connectivity index (χ2v) is 4.43. The number of fused-ring (bicyclic) bond motifs is 1. The molecule has 1 heterocycles. The lowest BCUT2D eigenvalue weighted by Crippen LogP contribution is -1.83. The average molecular weight is 231 g/mol. The smallest absolute Gasteiger partial charge is 0.265 e. The largest absolute Gasteiger partial charge is 0.391 e. The molecule has 0 bridgehead atoms. The van der Waals surface area contributed by atoms with Gasteiger partial charge in [0.1, 0.15) is 0 Å². The molecule has 2 rings (SSSR count). The molecule has 74 valence electrons. The van der Waals surface area contributed by atoms with Gasteiger partial charge in [-0.25, -0.2) is 8.78 Å². The number of thiophene rings is 1. The Labute approximate surface area is 88.9 Å². The maximum absolute atomic E-state index is 12.6. The van der Waals surface area contributed by atoms with Crippen molar-refractivity contribution in [2.24, 2.45) is 0 Å². The highest BCUT2D eigenvalue weighted by Crippen LogP contribution is 2.38. The lowest BCUT2D eigenvalue weighted by atomic mass is 10.2. The van der Waals surface area contributed by atoms with Crippen LogP contribution in [0.2, 0.25) is 0 Å². The first kappa shape index (κ1) is 9.73. The quantitative estimate of drug-likeness (QED) is 0.719. The lowest BCUT2D eigenvalue weighted by molar-refractivity contribution is 0.153. The van der Waals surface area contributed by atoms with E-state index in [1.54, 1.807) is 12.1 Å². The Bertz CT molecular complexity index is 479. The molecule has 0 fully saturated rings. The molecule has 1 aromatic heterocycles. The van der Waals surface area contributed by atoms with Crippen molar-refractivity contribution in [3.8, 4) is 0 Å². The minimum absolute atomic E-state index is 0.0273. The molecule has 2 N–H and O–H groups in total. The highest BCUT2D eigenvalue weighted by atomic mass is 32.1. The third kappa shape index (κ3) is 1.46. The van der Waals surface area contributed by atoms with Crippen LogP contribution in [-0.4, -0.2) is 0 Å². The summed E-state index contributed by atoms with van der Waals surface area (Å²) >= 11 is 5.36. The van der Waals surface area contributed by atoms with Crippen LogP contribution >= 0.6 is 24.0 Å². The van der Waals surface area contributed by atoms with Gasteiger partial charge in [0.05, 0.1) is 5.00 Å². The maximum Gasteiger partial charge on any atom is 0.265 e. The van der Waals surface area contributed by atoms with E-state index in [1.807, 2.05) is 0 Å². The van der Waals surface area contributed by atoms with Crippen molar-refractivity contribution in [2.75, 3.05) is 5.73 Å². The monoisotopic (exact) mass is 231 g/mol. The van der Waals surface area contributed by atoms with E-state index in [4.69, 9.17) is 5.73 Å². The van der Waals surface area contributed by atoms with E-state index in [2.05, 4.69) is 12.6 Å². The Hall–Kier alpha value is -0.810. The number of alkyl halides is 2. The number of thiol groups is 1. The topological polar surface area (TPSA) is 26.0 Å². The minimum atomic E-state index is -2.47. The molecule has 0 unspecified atom stereocenters. The van der Waals surface area contributed by atoms with E-state index < -0.39 is 6.43 Å². The molecule has 14 heavy (non-hydrogen) atoms. The Morgan fingerprint density at radius 3 is 2.71 bits per heavy atom. The van der Waals surface area contributed by atoms with E-state index in [1.165, 1.54) is 17.4 Å². The fraction of sp³-hybridized carbons (Fsp3) is 0.111. The van der Waals surface area contributed by atoms with Gasteiger partial charge in [0.15, 0.2) is 0 Å². The van der Waals surface area contributed by atoms with E-state index in [-0.39, 0.29) is 5.56 Å². The van der Waals surface area contributed by atoms with E-state index in [0.717, 1.165) is 0 Å². The number of benzene rings is 1. The number of nitrogens with two attached hydrogens (primary N) is 1. The second kappa shape index (κ2) is 3.40. The second-order valence-electron chi connectivity index (χ2n) is 2.87. The van der Waals surface area contributed by atoms with Crippen LogP contribution in [0, 0.1) is 0 Å². The van der Waals surface area contributed by atoms with Gasteiger partial charge in [0.2, 0.25) is 0 Å². The molecular weight excluding hydrogens is 224 g/mol. The van der Waals surface area contributed by atoms with Crippen LogP contribution < -0.4 is 5.73 Å². The van der Waals surface area contributed by atoms with Crippen molar-refractivity contribution >= 4 is 39.1 Å². The molecule has 0 atom stereocenters. The molecule has 0 aliphatic heterocycles. The fourth-order valence-corrected chi connectivity index (χ4v) is 2.61. The number of halogens is 2. The first-order chi connectivity index (χ1) is 6.59. The molecule has 0 saturated carbocycles. The summed E-state index contributed by atoms with van der Waals surface area (Å²) in [6.45, 7) is 0. The standard InChI is InChI=1S/C9H7F2NS2/c10-9(11)4-1-2-6(13)5-3-7(12)14-8(4)5/h1-3,9,13H,12H2. The van der Waals surface area contributed by atoms with Crippen LogP contribution in [0.5, 0.6) is 0 Å². The number of hydrogen-bond donors (Lipinski definition) is 2. The van der Waals surface area contributed by atoms with Gasteiger partial charge in [-0.1, -0.05) is 6.07 Å². The van der Waals surface area contributed by atoms with Gasteiger partial charge in [-0.2, -0.15) is 0 Å². The summed E-state index contributed by atoms with van der Waals surface area (Å²) in [5.74, 6) is 0. The molecule has 2 aromatic rings. The Morgan fingerprint density at radius 1 is 1.36 bits per heavy atom. The van der Waals surface area contributed by atoms with Crippen molar-refractivity contribution in [1.29, 1.82) is 0 Å². The van der Waals surface area contributed by atoms with Crippen molar-refractivity contribution < 1.29 is 8.78 Å². The normalized spacial score (nSPS) is 11.4. The summed E-state index contributed by atoms with van der Waals surface area (Å²) in [7, 11) is 0. The Morgan fingerprint density at radius 2 is 2.07 bits per heavy atom. The third-order valence-electron chi connectivity index (χ3n) is 1.95. The Balaban J connectivity index is 2.81. The van der Waals surface area contributed by atoms with Crippen LogP contribution in [0.25, 0.3) is 10.1 Å². The lowest BCUT2D eigenvalue weighted by Gasteiger charge is -2.02. The summed E-state index contributed by atoms with van der Waals surface area (Å²) in [4.78, 5) is 0.678. The molecular formula is C9H7F2NS2. The first-order valence-corrected chi connectivity index (χ1v) is 5.15. The van der Waals surface area contributed by atoms with Gasteiger partial charge < -0.3 is 5.73 Å². The van der Waals surface area contributed by atoms with Gasteiger partial charge >= 0.3 is 0 Å². The van der Waals surface area contributed by atoms with E-state index in [0.29, 0.717) is 20.0 Å². The summed E-state index contributed by atoms with van der Waals surface area (Å²) < 4.78 is 25.7. The molecule has 0 saturated heterocycles. The predicted octanol–water partition coefficient (Wildman–Crippen LogP) is 3.71. The van der Waals surface area contributed by atoms with Crippen molar-refractivity contribution in [2.45, 2.75) is 11.3 Å². The van der Waals surface area contributed by atoms with Crippen molar-refractivity contribution in [1.82, 2.24) is 0 Å². The zero-order chi connectivity index (χ0) is 10.3. The first-order valence-electron chi connectivity index (χ1n) is 3.88. The van der Waals surface area contributed by atoms with Crippen molar-refractivity contribution in [3.05, 3.63) is 23.8 Å². The number of hydrogen-bond acceptors (Lipinski definition) is 3. The number of rotatable bonds is 1. The zero-order valence-corrected chi connectivity index (χ0v) is 8.71. The molecule has 1 nitrogen and oxygen atoms in total. The van der Waals surface area contributed by atoms with Gasteiger partial charge in [0, 0.05) is 20.5 Å². The van der Waals surface area contributed by atoms with Crippen molar-refractivity contribution in [3.63, 3.8) is 0 Å². The van der Waals surface area contributed by atoms with E-state index >= 15 is 0 Å². The molecule has 0 spiro atoms. The van der Waals surface area contributed by atoms with Gasteiger partial charge in [-0.3, -0.25) is 0 Å². The van der Waals surface area contributed by atoms with Crippen LogP contribution in [0.15, 0.2) is 23.1 Å². The van der Waals surface area contributed by atoms with Gasteiger partial charge in [0.25, 0.3) is 6.43 Å². The SMILES string of the molecule is Nc1cc2c(S)ccc(C(F)F)c2s1. The van der Waals surface area contributed by atoms with Crippen LogP contribution in [0.1, 0.15) is 12.0 Å². The summed E-state index contributed by atoms with van der Waals surface area (Å²) in [5.41, 5.74) is 5.60. The molecule has 5 heteroatoms. The molecule has 0 aliphatic rings. The van der Waals surface area contributed by atoms with E-state index in [9.17, 15) is 8.78 Å². The number of nitrogen functional groups attached to an aromatic ring is 1. The zero-order valence-electron chi connectivity index (χ0n) is 7.00. The number of anilines is 1. The summed E-state index contributed by atoms with van der Waals surface area (Å²) in [6, 6.07) is 4.64.